The molecule has 2 heterocycles. The van der Waals surface area contributed by atoms with E-state index in [9.17, 15) is 29.6 Å². The summed E-state index contributed by atoms with van der Waals surface area (Å²) in [6.07, 6.45) is 0.509. The molecular formula is C18H12N2O8S2. The molecule has 1 atom stereocenters. The SMILES string of the molecule is O=C(O)C[C@@H](C(=O)O)N1C(=O)/C(=C/c2ccc(-c3ccccc3[N+](=O)[O-])o2)SC1=S. The zero-order valence-corrected chi connectivity index (χ0v) is 16.5. The second-order valence-electron chi connectivity index (χ2n) is 5.98. The normalized spacial score (nSPS) is 16.1. The number of hydrogen-bond donors (Lipinski definition) is 2. The molecule has 10 nitrogen and oxygen atoms in total. The lowest BCUT2D eigenvalue weighted by molar-refractivity contribution is -0.384. The summed E-state index contributed by atoms with van der Waals surface area (Å²) in [4.78, 5) is 46.4. The predicted molar refractivity (Wildman–Crippen MR) is 109 cm³/mol. The number of amides is 1. The van der Waals surface area contributed by atoms with Crippen molar-refractivity contribution >= 4 is 57.9 Å². The minimum absolute atomic E-state index is 0.0418. The average molecular weight is 448 g/mol. The number of thioether (sulfide) groups is 1. The van der Waals surface area contributed by atoms with Gasteiger partial charge in [0, 0.05) is 12.1 Å². The molecule has 0 bridgehead atoms. The van der Waals surface area contributed by atoms with Gasteiger partial charge in [-0.05, 0) is 18.2 Å². The third-order valence-electron chi connectivity index (χ3n) is 4.05. The second-order valence-corrected chi connectivity index (χ2v) is 7.66. The summed E-state index contributed by atoms with van der Waals surface area (Å²) in [5, 5.41) is 29.4. The minimum atomic E-state index is -1.64. The number of para-hydroxylation sites is 1. The Balaban J connectivity index is 1.90. The van der Waals surface area contributed by atoms with Crippen LogP contribution in [0.25, 0.3) is 17.4 Å². The predicted octanol–water partition coefficient (Wildman–Crippen LogP) is 2.98. The molecule has 1 aliphatic heterocycles. The molecule has 30 heavy (non-hydrogen) atoms. The van der Waals surface area contributed by atoms with Crippen LogP contribution in [-0.2, 0) is 14.4 Å². The number of nitrogens with zero attached hydrogens (tertiary/aromatic N) is 2. The summed E-state index contributed by atoms with van der Waals surface area (Å²) in [5.41, 5.74) is 0.102. The Hall–Kier alpha value is -3.51. The van der Waals surface area contributed by atoms with Crippen molar-refractivity contribution in [3.63, 3.8) is 0 Å². The van der Waals surface area contributed by atoms with Gasteiger partial charge < -0.3 is 14.6 Å². The lowest BCUT2D eigenvalue weighted by atomic mass is 10.1. The van der Waals surface area contributed by atoms with Crippen LogP contribution >= 0.6 is 24.0 Å². The number of carboxylic acids is 2. The van der Waals surface area contributed by atoms with E-state index < -0.39 is 35.2 Å². The van der Waals surface area contributed by atoms with Crippen molar-refractivity contribution in [1.82, 2.24) is 4.90 Å². The number of furan rings is 1. The summed E-state index contributed by atoms with van der Waals surface area (Å²) in [5.74, 6) is -3.25. The van der Waals surface area contributed by atoms with Gasteiger partial charge in [0.05, 0.1) is 21.8 Å². The topological polar surface area (TPSA) is 151 Å². The van der Waals surface area contributed by atoms with Crippen LogP contribution in [0.3, 0.4) is 0 Å². The summed E-state index contributed by atoms with van der Waals surface area (Å²) in [6.45, 7) is 0. The van der Waals surface area contributed by atoms with Crippen molar-refractivity contribution in [2.75, 3.05) is 0 Å². The van der Waals surface area contributed by atoms with Crippen molar-refractivity contribution < 1.29 is 33.9 Å². The van der Waals surface area contributed by atoms with E-state index in [1.807, 2.05) is 0 Å². The fourth-order valence-corrected chi connectivity index (χ4v) is 4.09. The van der Waals surface area contributed by atoms with E-state index >= 15 is 0 Å². The van der Waals surface area contributed by atoms with Gasteiger partial charge in [0.25, 0.3) is 11.6 Å². The number of thiocarbonyl (C=S) groups is 1. The molecule has 0 radical (unpaired) electrons. The van der Waals surface area contributed by atoms with Crippen LogP contribution < -0.4 is 0 Å². The second kappa shape index (κ2) is 8.47. The number of carbonyl (C=O) groups excluding carboxylic acids is 1. The fraction of sp³-hybridized carbons (Fsp3) is 0.111. The Morgan fingerprint density at radius 2 is 1.97 bits per heavy atom. The largest absolute Gasteiger partial charge is 0.481 e. The Kier molecular flexibility index (Phi) is 5.99. The number of hydrogen-bond acceptors (Lipinski definition) is 8. The molecule has 1 amide bonds. The van der Waals surface area contributed by atoms with E-state index in [2.05, 4.69) is 0 Å². The Morgan fingerprint density at radius 3 is 2.60 bits per heavy atom. The first-order chi connectivity index (χ1) is 14.2. The quantitative estimate of drug-likeness (QED) is 0.280. The number of rotatable bonds is 7. The molecule has 0 unspecified atom stereocenters. The molecule has 12 heteroatoms. The first kappa shape index (κ1) is 21.2. The number of nitro benzene ring substituents is 1. The van der Waals surface area contributed by atoms with Gasteiger partial charge in [0.2, 0.25) is 0 Å². The number of carbonyl (C=O) groups is 3. The first-order valence-electron chi connectivity index (χ1n) is 8.24. The number of benzene rings is 1. The van der Waals surface area contributed by atoms with Gasteiger partial charge >= 0.3 is 11.9 Å². The van der Waals surface area contributed by atoms with Crippen molar-refractivity contribution in [2.45, 2.75) is 12.5 Å². The van der Waals surface area contributed by atoms with E-state index in [1.165, 1.54) is 36.4 Å². The van der Waals surface area contributed by atoms with Gasteiger partial charge in [-0.3, -0.25) is 24.6 Å². The van der Waals surface area contributed by atoms with Crippen LogP contribution in [0.15, 0.2) is 45.7 Å². The molecule has 1 aliphatic rings. The molecule has 1 aromatic heterocycles. The molecule has 0 spiro atoms. The van der Waals surface area contributed by atoms with Crippen molar-refractivity contribution in [1.29, 1.82) is 0 Å². The lowest BCUT2D eigenvalue weighted by Gasteiger charge is -2.21. The molecule has 3 rings (SSSR count). The van der Waals surface area contributed by atoms with Gasteiger partial charge in [0.1, 0.15) is 21.9 Å². The summed E-state index contributed by atoms with van der Waals surface area (Å²) in [6, 6.07) is 7.33. The van der Waals surface area contributed by atoms with Gasteiger partial charge in [-0.1, -0.05) is 36.1 Å². The van der Waals surface area contributed by atoms with Crippen molar-refractivity contribution in [3.05, 3.63) is 57.2 Å². The van der Waals surface area contributed by atoms with E-state index in [-0.39, 0.29) is 32.0 Å². The zero-order chi connectivity index (χ0) is 22.0. The molecule has 0 aliphatic carbocycles. The van der Waals surface area contributed by atoms with E-state index in [1.54, 1.807) is 6.07 Å². The van der Waals surface area contributed by atoms with Crippen molar-refractivity contribution in [3.8, 4) is 11.3 Å². The highest BCUT2D eigenvalue weighted by molar-refractivity contribution is 8.26. The number of nitro groups is 1. The molecule has 2 N–H and O–H groups in total. The van der Waals surface area contributed by atoms with E-state index in [0.29, 0.717) is 0 Å². The summed E-state index contributed by atoms with van der Waals surface area (Å²) < 4.78 is 5.50. The first-order valence-corrected chi connectivity index (χ1v) is 9.46. The average Bonchev–Trinajstić information content (AvgIpc) is 3.24. The van der Waals surface area contributed by atoms with E-state index in [0.717, 1.165) is 16.7 Å². The van der Waals surface area contributed by atoms with Crippen LogP contribution in [0.4, 0.5) is 5.69 Å². The maximum absolute atomic E-state index is 12.6. The van der Waals surface area contributed by atoms with Crippen LogP contribution in [0.5, 0.6) is 0 Å². The molecular weight excluding hydrogens is 436 g/mol. The highest BCUT2D eigenvalue weighted by Gasteiger charge is 2.41. The van der Waals surface area contributed by atoms with Crippen LogP contribution in [0.1, 0.15) is 12.2 Å². The highest BCUT2D eigenvalue weighted by atomic mass is 32.2. The maximum atomic E-state index is 12.6. The molecule has 2 aromatic rings. The van der Waals surface area contributed by atoms with Crippen molar-refractivity contribution in [2.24, 2.45) is 0 Å². The lowest BCUT2D eigenvalue weighted by Crippen LogP contribution is -2.45. The monoisotopic (exact) mass is 448 g/mol. The summed E-state index contributed by atoms with van der Waals surface area (Å²) >= 11 is 5.86. The molecule has 154 valence electrons. The highest BCUT2D eigenvalue weighted by Crippen LogP contribution is 2.36. The maximum Gasteiger partial charge on any atom is 0.327 e. The van der Waals surface area contributed by atoms with Gasteiger partial charge in [-0.15, -0.1) is 0 Å². The Bertz CT molecular complexity index is 1110. The Labute approximate surface area is 177 Å². The molecule has 0 saturated carbocycles. The van der Waals surface area contributed by atoms with Crippen LogP contribution in [0, 0.1) is 10.1 Å². The van der Waals surface area contributed by atoms with Crippen LogP contribution in [0.2, 0.25) is 0 Å². The smallest absolute Gasteiger partial charge is 0.327 e. The third kappa shape index (κ3) is 4.23. The van der Waals surface area contributed by atoms with Crippen LogP contribution in [-0.4, -0.2) is 48.2 Å². The number of carboxylic acid groups (broad SMARTS) is 2. The van der Waals surface area contributed by atoms with E-state index in [4.69, 9.17) is 21.7 Å². The summed E-state index contributed by atoms with van der Waals surface area (Å²) in [7, 11) is 0. The Morgan fingerprint density at radius 1 is 1.27 bits per heavy atom. The molecule has 1 fully saturated rings. The van der Waals surface area contributed by atoms with Gasteiger partial charge in [-0.25, -0.2) is 4.79 Å². The minimum Gasteiger partial charge on any atom is -0.481 e. The molecule has 1 aromatic carbocycles. The molecule has 1 saturated heterocycles. The fourth-order valence-electron chi connectivity index (χ4n) is 2.75. The third-order valence-corrected chi connectivity index (χ3v) is 5.38. The zero-order valence-electron chi connectivity index (χ0n) is 14.9. The standard InChI is InChI=1S/C18H12N2O8S2/c21-15(22)8-12(17(24)25)19-16(23)14(30-18(19)29)7-9-5-6-13(28-9)10-3-1-2-4-11(10)20(26)27/h1-7,12H,8H2,(H,21,22)(H,24,25)/b14-7-/t12-/m0/s1. The van der Waals surface area contributed by atoms with Gasteiger partial charge in [-0.2, -0.15) is 0 Å². The number of aliphatic carboxylic acids is 2. The van der Waals surface area contributed by atoms with Gasteiger partial charge in [0.15, 0.2) is 0 Å².